The molecule has 1 aromatic rings. The Bertz CT molecular complexity index is 420. The van der Waals surface area contributed by atoms with Gasteiger partial charge in [-0.05, 0) is 18.9 Å². The summed E-state index contributed by atoms with van der Waals surface area (Å²) in [6, 6.07) is 2.61. The highest BCUT2D eigenvalue weighted by atomic mass is 19.1. The van der Waals surface area contributed by atoms with Gasteiger partial charge in [-0.25, -0.2) is 4.98 Å². The van der Waals surface area contributed by atoms with Crippen molar-refractivity contribution >= 4 is 5.91 Å². The molecule has 5 heteroatoms. The Hall–Kier alpha value is -1.49. The highest BCUT2D eigenvalue weighted by Gasteiger charge is 2.13. The molecule has 1 aliphatic carbocycles. The number of amides is 1. The monoisotopic (exact) mass is 266 g/mol. The number of nitrogens with one attached hydrogen (secondary N) is 1. The minimum absolute atomic E-state index is 0.283. The summed E-state index contributed by atoms with van der Waals surface area (Å²) in [5.74, 6) is -0.945. The Morgan fingerprint density at radius 3 is 2.95 bits per heavy atom. The molecule has 2 rings (SSSR count). The van der Waals surface area contributed by atoms with Crippen molar-refractivity contribution in [3.63, 3.8) is 0 Å². The topological polar surface area (TPSA) is 51.2 Å². The number of aromatic nitrogens is 1. The molecule has 0 aliphatic heterocycles. The first-order valence-electron chi connectivity index (χ1n) is 6.77. The Labute approximate surface area is 112 Å². The predicted molar refractivity (Wildman–Crippen MR) is 69.4 cm³/mol. The lowest BCUT2D eigenvalue weighted by molar-refractivity contribution is 0.0299. The second-order valence-electron chi connectivity index (χ2n) is 4.75. The van der Waals surface area contributed by atoms with Crippen LogP contribution in [0, 0.1) is 5.95 Å². The quantitative estimate of drug-likeness (QED) is 0.657. The van der Waals surface area contributed by atoms with Gasteiger partial charge in [-0.2, -0.15) is 4.39 Å². The molecule has 1 aromatic heterocycles. The van der Waals surface area contributed by atoms with Gasteiger partial charge in [0.25, 0.3) is 5.91 Å². The first kappa shape index (κ1) is 13.9. The lowest BCUT2D eigenvalue weighted by Gasteiger charge is -2.21. The third-order valence-corrected chi connectivity index (χ3v) is 3.28. The van der Waals surface area contributed by atoms with Crippen LogP contribution in [-0.2, 0) is 4.74 Å². The minimum atomic E-state index is -0.647. The van der Waals surface area contributed by atoms with Crippen LogP contribution in [0.15, 0.2) is 18.3 Å². The number of carbonyl (C=O) groups is 1. The van der Waals surface area contributed by atoms with E-state index in [9.17, 15) is 9.18 Å². The van der Waals surface area contributed by atoms with Crippen molar-refractivity contribution in [2.45, 2.75) is 38.2 Å². The number of hydrogen-bond acceptors (Lipinski definition) is 3. The van der Waals surface area contributed by atoms with Crippen LogP contribution in [0.1, 0.15) is 42.5 Å². The van der Waals surface area contributed by atoms with E-state index >= 15 is 0 Å². The lowest BCUT2D eigenvalue weighted by atomic mass is 9.98. The molecule has 1 aliphatic rings. The van der Waals surface area contributed by atoms with E-state index in [0.717, 1.165) is 18.9 Å². The van der Waals surface area contributed by atoms with Crippen LogP contribution in [0.4, 0.5) is 4.39 Å². The van der Waals surface area contributed by atoms with Crippen molar-refractivity contribution in [3.8, 4) is 0 Å². The van der Waals surface area contributed by atoms with Crippen LogP contribution in [0.2, 0.25) is 0 Å². The average molecular weight is 266 g/mol. The molecule has 0 spiro atoms. The number of halogens is 1. The Balaban J connectivity index is 1.66. The molecule has 0 bridgehead atoms. The highest BCUT2D eigenvalue weighted by molar-refractivity contribution is 5.93. The van der Waals surface area contributed by atoms with Crippen molar-refractivity contribution in [2.24, 2.45) is 0 Å². The SMILES string of the molecule is O=C(NCCOC1CCCCC1)c1ccnc(F)c1. The summed E-state index contributed by atoms with van der Waals surface area (Å²) in [7, 11) is 0. The molecule has 1 fully saturated rings. The molecule has 1 heterocycles. The lowest BCUT2D eigenvalue weighted by Crippen LogP contribution is -2.29. The molecular formula is C14H19FN2O2. The molecule has 1 N–H and O–H groups in total. The fraction of sp³-hybridized carbons (Fsp3) is 0.571. The molecule has 104 valence electrons. The molecular weight excluding hydrogens is 247 g/mol. The third kappa shape index (κ3) is 4.59. The van der Waals surface area contributed by atoms with Crippen LogP contribution >= 0.6 is 0 Å². The molecule has 0 radical (unpaired) electrons. The van der Waals surface area contributed by atoms with Crippen molar-refractivity contribution in [3.05, 3.63) is 29.8 Å². The Morgan fingerprint density at radius 1 is 1.42 bits per heavy atom. The van der Waals surface area contributed by atoms with Crippen LogP contribution in [0.3, 0.4) is 0 Å². The van der Waals surface area contributed by atoms with E-state index in [0.29, 0.717) is 19.3 Å². The third-order valence-electron chi connectivity index (χ3n) is 3.28. The molecule has 0 unspecified atom stereocenters. The van der Waals surface area contributed by atoms with Gasteiger partial charge >= 0.3 is 0 Å². The van der Waals surface area contributed by atoms with E-state index in [1.807, 2.05) is 0 Å². The highest BCUT2D eigenvalue weighted by Crippen LogP contribution is 2.19. The van der Waals surface area contributed by atoms with Crippen molar-refractivity contribution in [1.82, 2.24) is 10.3 Å². The zero-order valence-corrected chi connectivity index (χ0v) is 10.9. The number of hydrogen-bond donors (Lipinski definition) is 1. The van der Waals surface area contributed by atoms with Crippen molar-refractivity contribution in [1.29, 1.82) is 0 Å². The van der Waals surface area contributed by atoms with Crippen LogP contribution < -0.4 is 5.32 Å². The summed E-state index contributed by atoms with van der Waals surface area (Å²) in [5, 5.41) is 2.71. The van der Waals surface area contributed by atoms with Gasteiger partial charge in [0.15, 0.2) is 0 Å². The number of carbonyl (C=O) groups excluding carboxylic acids is 1. The van der Waals surface area contributed by atoms with Gasteiger partial charge in [-0.3, -0.25) is 4.79 Å². The maximum Gasteiger partial charge on any atom is 0.251 e. The normalized spacial score (nSPS) is 16.3. The number of pyridine rings is 1. The molecule has 1 amide bonds. The number of ether oxygens (including phenoxy) is 1. The maximum atomic E-state index is 12.8. The van der Waals surface area contributed by atoms with E-state index in [2.05, 4.69) is 10.3 Å². The van der Waals surface area contributed by atoms with Gasteiger partial charge in [0.1, 0.15) is 0 Å². The zero-order chi connectivity index (χ0) is 13.5. The predicted octanol–water partition coefficient (Wildman–Crippen LogP) is 2.30. The van der Waals surface area contributed by atoms with Gasteiger partial charge in [0.2, 0.25) is 5.95 Å². The van der Waals surface area contributed by atoms with E-state index < -0.39 is 5.95 Å². The molecule has 4 nitrogen and oxygen atoms in total. The largest absolute Gasteiger partial charge is 0.376 e. The van der Waals surface area contributed by atoms with E-state index in [1.54, 1.807) is 0 Å². The standard InChI is InChI=1S/C14H19FN2O2/c15-13-10-11(6-7-16-13)14(18)17-8-9-19-12-4-2-1-3-5-12/h6-7,10,12H,1-5,8-9H2,(H,17,18). The van der Waals surface area contributed by atoms with Gasteiger partial charge in [0.05, 0.1) is 12.7 Å². The second kappa shape index (κ2) is 7.19. The van der Waals surface area contributed by atoms with Crippen LogP contribution in [-0.4, -0.2) is 30.1 Å². The number of nitrogens with zero attached hydrogens (tertiary/aromatic N) is 1. The van der Waals surface area contributed by atoms with Gasteiger partial charge in [-0.15, -0.1) is 0 Å². The fourth-order valence-electron chi connectivity index (χ4n) is 2.27. The smallest absolute Gasteiger partial charge is 0.251 e. The van der Waals surface area contributed by atoms with E-state index in [4.69, 9.17) is 4.74 Å². The summed E-state index contributed by atoms with van der Waals surface area (Å²) in [5.41, 5.74) is 0.283. The Morgan fingerprint density at radius 2 is 2.21 bits per heavy atom. The first-order valence-corrected chi connectivity index (χ1v) is 6.77. The minimum Gasteiger partial charge on any atom is -0.376 e. The summed E-state index contributed by atoms with van der Waals surface area (Å²) in [6.45, 7) is 0.948. The summed E-state index contributed by atoms with van der Waals surface area (Å²) >= 11 is 0. The maximum absolute atomic E-state index is 12.8. The van der Waals surface area contributed by atoms with Crippen LogP contribution in [0.5, 0.6) is 0 Å². The summed E-state index contributed by atoms with van der Waals surface area (Å²) in [4.78, 5) is 15.1. The van der Waals surface area contributed by atoms with Crippen molar-refractivity contribution in [2.75, 3.05) is 13.2 Å². The fourth-order valence-corrected chi connectivity index (χ4v) is 2.27. The second-order valence-corrected chi connectivity index (χ2v) is 4.75. The van der Waals surface area contributed by atoms with Gasteiger partial charge < -0.3 is 10.1 Å². The van der Waals surface area contributed by atoms with E-state index in [-0.39, 0.29) is 11.5 Å². The average Bonchev–Trinajstić information content (AvgIpc) is 2.44. The van der Waals surface area contributed by atoms with Crippen LogP contribution in [0.25, 0.3) is 0 Å². The summed E-state index contributed by atoms with van der Waals surface area (Å²) < 4.78 is 18.5. The molecule has 0 saturated heterocycles. The molecule has 19 heavy (non-hydrogen) atoms. The van der Waals surface area contributed by atoms with Gasteiger partial charge in [-0.1, -0.05) is 19.3 Å². The zero-order valence-electron chi connectivity index (χ0n) is 10.9. The summed E-state index contributed by atoms with van der Waals surface area (Å²) in [6.07, 6.45) is 7.60. The van der Waals surface area contributed by atoms with Crippen molar-refractivity contribution < 1.29 is 13.9 Å². The Kier molecular flexibility index (Phi) is 5.27. The number of rotatable bonds is 5. The molecule has 0 atom stereocenters. The van der Waals surface area contributed by atoms with Gasteiger partial charge in [0, 0.05) is 24.4 Å². The molecule has 1 saturated carbocycles. The first-order chi connectivity index (χ1) is 9.25. The van der Waals surface area contributed by atoms with E-state index in [1.165, 1.54) is 31.5 Å². The molecule has 0 aromatic carbocycles.